The Hall–Kier alpha value is -2.95. The minimum atomic E-state index is -0.813. The monoisotopic (exact) mass is 460 g/mol. The molecule has 1 aliphatic carbocycles. The minimum Gasteiger partial charge on any atom is -0.323 e. The second kappa shape index (κ2) is 8.37. The molecule has 2 aromatic carbocycles. The highest BCUT2D eigenvalue weighted by molar-refractivity contribution is 6.23. The lowest BCUT2D eigenvalue weighted by Crippen LogP contribution is -2.48. The van der Waals surface area contributed by atoms with E-state index in [1.807, 2.05) is 61.5 Å². The lowest BCUT2D eigenvalue weighted by molar-refractivity contribution is -0.143. The molecule has 1 aliphatic heterocycles. The first-order chi connectivity index (χ1) is 15.9. The van der Waals surface area contributed by atoms with Crippen LogP contribution in [0.4, 0.5) is 5.69 Å². The first-order valence-electron chi connectivity index (χ1n) is 12.2. The molecule has 1 saturated heterocycles. The van der Waals surface area contributed by atoms with Crippen molar-refractivity contribution in [3.63, 3.8) is 0 Å². The lowest BCUT2D eigenvalue weighted by Gasteiger charge is -2.34. The molecule has 2 aliphatic rings. The van der Waals surface area contributed by atoms with Crippen molar-refractivity contribution < 1.29 is 14.4 Å². The van der Waals surface area contributed by atoms with E-state index in [0.29, 0.717) is 11.6 Å². The van der Waals surface area contributed by atoms with Gasteiger partial charge in [-0.1, -0.05) is 84.0 Å². The summed E-state index contributed by atoms with van der Waals surface area (Å²) in [4.78, 5) is 43.8. The molecule has 1 saturated carbocycles. The molecule has 3 amide bonds. The number of benzene rings is 2. The van der Waals surface area contributed by atoms with Crippen LogP contribution in [0.5, 0.6) is 0 Å². The predicted molar refractivity (Wildman–Crippen MR) is 134 cm³/mol. The van der Waals surface area contributed by atoms with Crippen molar-refractivity contribution in [3.05, 3.63) is 65.7 Å². The van der Waals surface area contributed by atoms with E-state index in [1.165, 1.54) is 4.90 Å². The third-order valence-electron chi connectivity index (χ3n) is 8.50. The number of rotatable bonds is 6. The van der Waals surface area contributed by atoms with Crippen LogP contribution in [0, 0.1) is 16.7 Å². The zero-order valence-electron chi connectivity index (χ0n) is 21.3. The summed E-state index contributed by atoms with van der Waals surface area (Å²) in [7, 11) is 0. The summed E-state index contributed by atoms with van der Waals surface area (Å²) in [6, 6.07) is 16.2. The van der Waals surface area contributed by atoms with Crippen molar-refractivity contribution in [2.24, 2.45) is 16.7 Å². The first kappa shape index (κ1) is 24.2. The highest BCUT2D eigenvalue weighted by atomic mass is 16.2. The summed E-state index contributed by atoms with van der Waals surface area (Å²) < 4.78 is 0. The van der Waals surface area contributed by atoms with E-state index in [-0.39, 0.29) is 46.9 Å². The molecule has 1 heterocycles. The van der Waals surface area contributed by atoms with Crippen LogP contribution in [0.3, 0.4) is 0 Å². The van der Waals surface area contributed by atoms with Crippen LogP contribution in [0.1, 0.15) is 78.0 Å². The molecule has 2 atom stereocenters. The largest absolute Gasteiger partial charge is 0.323 e. The smallest absolute Gasteiger partial charge is 0.257 e. The van der Waals surface area contributed by atoms with Crippen molar-refractivity contribution in [3.8, 4) is 0 Å². The van der Waals surface area contributed by atoms with Crippen LogP contribution in [0.15, 0.2) is 54.6 Å². The van der Waals surface area contributed by atoms with Gasteiger partial charge in [-0.2, -0.15) is 0 Å². The van der Waals surface area contributed by atoms with E-state index >= 15 is 0 Å². The van der Waals surface area contributed by atoms with E-state index in [9.17, 15) is 14.4 Å². The normalized spacial score (nSPS) is 22.2. The second-order valence-electron chi connectivity index (χ2n) is 11.2. The maximum atomic E-state index is 14.0. The minimum absolute atomic E-state index is 0.00125. The quantitative estimate of drug-likeness (QED) is 0.519. The Morgan fingerprint density at radius 1 is 0.882 bits per heavy atom. The van der Waals surface area contributed by atoms with Gasteiger partial charge in [0.05, 0.1) is 18.2 Å². The Morgan fingerprint density at radius 2 is 1.44 bits per heavy atom. The fourth-order valence-corrected chi connectivity index (χ4v) is 5.58. The SMILES string of the molecule is CC(C)c1ccc(N2C(=O)CC(N(C(=O)C3C(C)(C)C3(C)C)C(C)c3ccccc3)C2=O)cc1. The van der Waals surface area contributed by atoms with Gasteiger partial charge < -0.3 is 4.90 Å². The second-order valence-corrected chi connectivity index (χ2v) is 11.2. The van der Waals surface area contributed by atoms with Gasteiger partial charge >= 0.3 is 0 Å². The lowest BCUT2D eigenvalue weighted by atomic mass is 10.0. The number of hydrogen-bond acceptors (Lipinski definition) is 3. The Balaban J connectivity index is 1.69. The molecule has 0 aromatic heterocycles. The average Bonchev–Trinajstić information content (AvgIpc) is 3.02. The number of carbonyl (C=O) groups is 3. The molecular formula is C29H36N2O3. The van der Waals surface area contributed by atoms with Gasteiger partial charge in [-0.3, -0.25) is 14.4 Å². The number of nitrogens with zero attached hydrogens (tertiary/aromatic N) is 2. The third kappa shape index (κ3) is 3.75. The Labute approximate surface area is 203 Å². The van der Waals surface area contributed by atoms with Gasteiger partial charge in [0, 0.05) is 5.92 Å². The summed E-state index contributed by atoms with van der Waals surface area (Å²) in [5, 5.41) is 0. The van der Waals surface area contributed by atoms with E-state index in [2.05, 4.69) is 41.5 Å². The third-order valence-corrected chi connectivity index (χ3v) is 8.50. The average molecular weight is 461 g/mol. The summed E-state index contributed by atoms with van der Waals surface area (Å²) in [5.74, 6) is -0.478. The van der Waals surface area contributed by atoms with Gasteiger partial charge in [0.15, 0.2) is 0 Å². The van der Waals surface area contributed by atoms with Crippen molar-refractivity contribution in [1.29, 1.82) is 0 Å². The predicted octanol–water partition coefficient (Wildman–Crippen LogP) is 5.71. The Kier molecular flexibility index (Phi) is 5.95. The van der Waals surface area contributed by atoms with Crippen LogP contribution < -0.4 is 4.90 Å². The molecule has 0 radical (unpaired) electrons. The van der Waals surface area contributed by atoms with Gasteiger partial charge in [0.1, 0.15) is 6.04 Å². The summed E-state index contributed by atoms with van der Waals surface area (Å²) >= 11 is 0. The molecule has 2 fully saturated rings. The molecule has 4 rings (SSSR count). The van der Waals surface area contributed by atoms with Gasteiger partial charge in [-0.05, 0) is 46.9 Å². The first-order valence-corrected chi connectivity index (χ1v) is 12.2. The molecule has 2 aromatic rings. The van der Waals surface area contributed by atoms with Crippen LogP contribution >= 0.6 is 0 Å². The Morgan fingerprint density at radius 3 is 1.94 bits per heavy atom. The topological polar surface area (TPSA) is 57.7 Å². The van der Waals surface area contributed by atoms with Crippen LogP contribution in [-0.4, -0.2) is 28.7 Å². The van der Waals surface area contributed by atoms with E-state index < -0.39 is 6.04 Å². The summed E-state index contributed by atoms with van der Waals surface area (Å²) in [6.07, 6.45) is 0.00125. The fraction of sp³-hybridized carbons (Fsp3) is 0.483. The molecule has 5 heteroatoms. The van der Waals surface area contributed by atoms with Gasteiger partial charge in [-0.15, -0.1) is 0 Å². The molecule has 2 unspecified atom stereocenters. The highest BCUT2D eigenvalue weighted by Crippen LogP contribution is 2.69. The number of carbonyl (C=O) groups excluding carboxylic acids is 3. The van der Waals surface area contributed by atoms with Crippen molar-refractivity contribution in [1.82, 2.24) is 4.90 Å². The van der Waals surface area contributed by atoms with E-state index in [4.69, 9.17) is 0 Å². The van der Waals surface area contributed by atoms with Crippen LogP contribution in [0.25, 0.3) is 0 Å². The zero-order chi connectivity index (χ0) is 25.0. The number of amides is 3. The molecular weight excluding hydrogens is 424 g/mol. The maximum absolute atomic E-state index is 14.0. The molecule has 180 valence electrons. The van der Waals surface area contributed by atoms with Crippen molar-refractivity contribution in [2.75, 3.05) is 4.90 Å². The van der Waals surface area contributed by atoms with Gasteiger partial charge in [0.25, 0.3) is 5.91 Å². The van der Waals surface area contributed by atoms with Crippen molar-refractivity contribution >= 4 is 23.4 Å². The van der Waals surface area contributed by atoms with Crippen molar-refractivity contribution in [2.45, 2.75) is 72.9 Å². The van der Waals surface area contributed by atoms with Gasteiger partial charge in [-0.25, -0.2) is 4.90 Å². The summed E-state index contributed by atoms with van der Waals surface area (Å²) in [5.41, 5.74) is 2.32. The van der Waals surface area contributed by atoms with E-state index in [1.54, 1.807) is 4.90 Å². The molecule has 0 bridgehead atoms. The number of anilines is 1. The molecule has 5 nitrogen and oxygen atoms in total. The fourth-order valence-electron chi connectivity index (χ4n) is 5.58. The van der Waals surface area contributed by atoms with Gasteiger partial charge in [0.2, 0.25) is 11.8 Å². The number of hydrogen-bond donors (Lipinski definition) is 0. The Bertz CT molecular complexity index is 1090. The van der Waals surface area contributed by atoms with Crippen LogP contribution in [0.2, 0.25) is 0 Å². The standard InChI is InChI=1S/C29H36N2O3/c1-18(2)20-13-15-22(16-14-20)31-24(32)17-23(26(31)33)30(19(3)21-11-9-8-10-12-21)27(34)25-28(4,5)29(25,6)7/h8-16,18-19,23,25H,17H2,1-7H3. The summed E-state index contributed by atoms with van der Waals surface area (Å²) in [6.45, 7) is 14.6. The molecule has 0 spiro atoms. The number of imide groups is 1. The molecule has 34 heavy (non-hydrogen) atoms. The highest BCUT2D eigenvalue weighted by Gasteiger charge is 2.69. The van der Waals surface area contributed by atoms with E-state index in [0.717, 1.165) is 11.1 Å². The maximum Gasteiger partial charge on any atom is 0.257 e. The molecule has 0 N–H and O–H groups in total. The van der Waals surface area contributed by atoms with Crippen LogP contribution in [-0.2, 0) is 14.4 Å². The zero-order valence-corrected chi connectivity index (χ0v) is 21.3.